The van der Waals surface area contributed by atoms with Crippen LogP contribution < -0.4 is 11.3 Å². The van der Waals surface area contributed by atoms with E-state index in [4.69, 9.17) is 17.4 Å². The van der Waals surface area contributed by atoms with Gasteiger partial charge in [0.2, 0.25) is 5.96 Å². The maximum absolute atomic E-state index is 6.05. The zero-order valence-electron chi connectivity index (χ0n) is 12.1. The molecule has 0 aliphatic rings. The predicted octanol–water partition coefficient (Wildman–Crippen LogP) is 3.48. The van der Waals surface area contributed by atoms with Crippen molar-refractivity contribution in [2.45, 2.75) is 13.0 Å². The third kappa shape index (κ3) is 3.97. The molecule has 3 N–H and O–H groups in total. The van der Waals surface area contributed by atoms with E-state index in [1.54, 1.807) is 0 Å². The first-order valence-corrected chi connectivity index (χ1v) is 7.08. The monoisotopic (exact) mass is 302 g/mol. The van der Waals surface area contributed by atoms with Gasteiger partial charge >= 0.3 is 0 Å². The highest BCUT2D eigenvalue weighted by Gasteiger charge is 2.15. The van der Waals surface area contributed by atoms with E-state index in [1.165, 1.54) is 0 Å². The maximum Gasteiger partial charge on any atom is 0.213 e. The van der Waals surface area contributed by atoms with Crippen molar-refractivity contribution in [3.8, 4) is 0 Å². The van der Waals surface area contributed by atoms with Gasteiger partial charge in [-0.05, 0) is 36.8 Å². The molecular weight excluding hydrogens is 284 g/mol. The number of nitrogens with one attached hydrogen (secondary N) is 1. The first kappa shape index (κ1) is 15.4. The lowest BCUT2D eigenvalue weighted by Gasteiger charge is -2.28. The standard InChI is InChI=1S/C16H19ClN4/c1-12(13-7-6-8-14(17)11-13)21(2)16(20-18)19-15-9-4-3-5-10-15/h3-12H,18H2,1-2H3,(H,19,20). The van der Waals surface area contributed by atoms with Gasteiger partial charge in [0, 0.05) is 12.1 Å². The van der Waals surface area contributed by atoms with E-state index >= 15 is 0 Å². The van der Waals surface area contributed by atoms with Crippen molar-refractivity contribution >= 4 is 23.2 Å². The fourth-order valence-electron chi connectivity index (χ4n) is 2.01. The topological polar surface area (TPSA) is 53.6 Å². The summed E-state index contributed by atoms with van der Waals surface area (Å²) in [7, 11) is 1.94. The molecule has 2 rings (SSSR count). The molecule has 0 aromatic heterocycles. The Morgan fingerprint density at radius 1 is 1.19 bits per heavy atom. The zero-order chi connectivity index (χ0) is 15.2. The smallest absolute Gasteiger partial charge is 0.213 e. The molecule has 1 unspecified atom stereocenters. The third-order valence-electron chi connectivity index (χ3n) is 3.37. The van der Waals surface area contributed by atoms with E-state index < -0.39 is 0 Å². The molecule has 110 valence electrons. The average Bonchev–Trinajstić information content (AvgIpc) is 2.52. The highest BCUT2D eigenvalue weighted by molar-refractivity contribution is 6.30. The van der Waals surface area contributed by atoms with Gasteiger partial charge in [-0.3, -0.25) is 5.43 Å². The number of nitrogens with zero attached hydrogens (tertiary/aromatic N) is 2. The Morgan fingerprint density at radius 3 is 2.52 bits per heavy atom. The number of rotatable bonds is 3. The van der Waals surface area contributed by atoms with Crippen LogP contribution in [0.1, 0.15) is 18.5 Å². The van der Waals surface area contributed by atoms with Crippen LogP contribution in [0.15, 0.2) is 59.6 Å². The van der Waals surface area contributed by atoms with E-state index in [0.717, 1.165) is 16.3 Å². The summed E-state index contributed by atoms with van der Waals surface area (Å²) >= 11 is 6.05. The van der Waals surface area contributed by atoms with Gasteiger partial charge in [-0.1, -0.05) is 41.9 Å². The fraction of sp³-hybridized carbons (Fsp3) is 0.188. The van der Waals surface area contributed by atoms with Crippen LogP contribution in [0.5, 0.6) is 0 Å². The Balaban J connectivity index is 2.24. The quantitative estimate of drug-likeness (QED) is 0.395. The van der Waals surface area contributed by atoms with E-state index in [-0.39, 0.29) is 6.04 Å². The number of aliphatic imine (C=N–C) groups is 1. The molecule has 0 saturated heterocycles. The second kappa shape index (κ2) is 7.11. The second-order valence-corrected chi connectivity index (χ2v) is 5.19. The summed E-state index contributed by atoms with van der Waals surface area (Å²) in [5.74, 6) is 6.21. The van der Waals surface area contributed by atoms with Crippen molar-refractivity contribution in [3.63, 3.8) is 0 Å². The van der Waals surface area contributed by atoms with Crippen molar-refractivity contribution in [3.05, 3.63) is 65.2 Å². The number of hydrogen-bond acceptors (Lipinski definition) is 2. The SMILES string of the molecule is CC(c1cccc(Cl)c1)N(C)C(=Nc1ccccc1)NN. The van der Waals surface area contributed by atoms with Crippen LogP contribution >= 0.6 is 11.6 Å². The third-order valence-corrected chi connectivity index (χ3v) is 3.60. The highest BCUT2D eigenvalue weighted by atomic mass is 35.5. The molecule has 0 bridgehead atoms. The number of halogens is 1. The number of benzene rings is 2. The molecular formula is C16H19ClN4. The number of hydrazine groups is 1. The zero-order valence-corrected chi connectivity index (χ0v) is 12.9. The maximum atomic E-state index is 6.05. The van der Waals surface area contributed by atoms with Crippen molar-refractivity contribution in [2.75, 3.05) is 7.05 Å². The molecule has 21 heavy (non-hydrogen) atoms. The van der Waals surface area contributed by atoms with Gasteiger partial charge < -0.3 is 4.90 Å². The van der Waals surface area contributed by atoms with Crippen molar-refractivity contribution in [1.29, 1.82) is 0 Å². The van der Waals surface area contributed by atoms with E-state index in [0.29, 0.717) is 5.96 Å². The minimum absolute atomic E-state index is 0.0854. The highest BCUT2D eigenvalue weighted by Crippen LogP contribution is 2.22. The number of hydrogen-bond donors (Lipinski definition) is 2. The minimum Gasteiger partial charge on any atom is -0.338 e. The molecule has 0 aliphatic carbocycles. The van der Waals surface area contributed by atoms with Crippen LogP contribution in [0.2, 0.25) is 5.02 Å². The van der Waals surface area contributed by atoms with Crippen LogP contribution in [-0.4, -0.2) is 17.9 Å². The first-order valence-electron chi connectivity index (χ1n) is 6.70. The molecule has 5 heteroatoms. The van der Waals surface area contributed by atoms with Gasteiger partial charge in [-0.15, -0.1) is 0 Å². The first-order chi connectivity index (χ1) is 10.1. The van der Waals surface area contributed by atoms with Gasteiger partial charge in [0.05, 0.1) is 11.7 Å². The van der Waals surface area contributed by atoms with Gasteiger partial charge in [0.25, 0.3) is 0 Å². The molecule has 2 aromatic carbocycles. The number of nitrogens with two attached hydrogens (primary N) is 1. The Hall–Kier alpha value is -2.04. The van der Waals surface area contributed by atoms with Crippen LogP contribution in [0, 0.1) is 0 Å². The van der Waals surface area contributed by atoms with Crippen molar-refractivity contribution in [1.82, 2.24) is 10.3 Å². The lowest BCUT2D eigenvalue weighted by Crippen LogP contribution is -2.43. The fourth-order valence-corrected chi connectivity index (χ4v) is 2.21. The van der Waals surface area contributed by atoms with Gasteiger partial charge in [0.1, 0.15) is 0 Å². The lowest BCUT2D eigenvalue weighted by atomic mass is 10.1. The minimum atomic E-state index is 0.0854. The summed E-state index contributed by atoms with van der Waals surface area (Å²) in [5, 5.41) is 0.718. The number of guanidine groups is 1. The Bertz CT molecular complexity index is 613. The summed E-state index contributed by atoms with van der Waals surface area (Å²) in [6.45, 7) is 2.07. The van der Waals surface area contributed by atoms with E-state index in [1.807, 2.05) is 66.5 Å². The summed E-state index contributed by atoms with van der Waals surface area (Å²) in [4.78, 5) is 6.49. The normalized spacial score (nSPS) is 12.9. The Kier molecular flexibility index (Phi) is 5.20. The van der Waals surface area contributed by atoms with E-state index in [2.05, 4.69) is 17.3 Å². The van der Waals surface area contributed by atoms with Crippen LogP contribution in [0.4, 0.5) is 5.69 Å². The van der Waals surface area contributed by atoms with Crippen molar-refractivity contribution in [2.24, 2.45) is 10.8 Å². The molecule has 1 atom stereocenters. The van der Waals surface area contributed by atoms with E-state index in [9.17, 15) is 0 Å². The van der Waals surface area contributed by atoms with Crippen molar-refractivity contribution < 1.29 is 0 Å². The van der Waals surface area contributed by atoms with Gasteiger partial charge in [0.15, 0.2) is 0 Å². The van der Waals surface area contributed by atoms with Gasteiger partial charge in [-0.25, -0.2) is 10.8 Å². The summed E-state index contributed by atoms with van der Waals surface area (Å²) in [6, 6.07) is 17.5. The molecule has 0 spiro atoms. The molecule has 0 heterocycles. The van der Waals surface area contributed by atoms with Crippen LogP contribution in [-0.2, 0) is 0 Å². The molecule has 0 aliphatic heterocycles. The molecule has 0 fully saturated rings. The molecule has 0 amide bonds. The van der Waals surface area contributed by atoms with Crippen LogP contribution in [0.3, 0.4) is 0 Å². The molecule has 0 radical (unpaired) electrons. The molecule has 0 saturated carbocycles. The summed E-state index contributed by atoms with van der Waals surface area (Å²) in [6.07, 6.45) is 0. The second-order valence-electron chi connectivity index (χ2n) is 4.76. The average molecular weight is 303 g/mol. The van der Waals surface area contributed by atoms with Gasteiger partial charge in [-0.2, -0.15) is 0 Å². The van der Waals surface area contributed by atoms with Crippen LogP contribution in [0.25, 0.3) is 0 Å². The Labute approximate surface area is 130 Å². The predicted molar refractivity (Wildman–Crippen MR) is 88.5 cm³/mol. The molecule has 4 nitrogen and oxygen atoms in total. The summed E-state index contributed by atoms with van der Waals surface area (Å²) in [5.41, 5.74) is 4.60. The molecule has 2 aromatic rings. The number of para-hydroxylation sites is 1. The lowest BCUT2D eigenvalue weighted by molar-refractivity contribution is 0.389. The Morgan fingerprint density at radius 2 is 1.90 bits per heavy atom. The summed E-state index contributed by atoms with van der Waals surface area (Å²) < 4.78 is 0. The largest absolute Gasteiger partial charge is 0.338 e.